The zero-order valence-corrected chi connectivity index (χ0v) is 10.9. The number of carbonyl (C=O) groups excluding carboxylic acids is 1. The molecule has 1 saturated heterocycles. The molecular formula is C11H14ClN3OS. The highest BCUT2D eigenvalue weighted by Crippen LogP contribution is 2.24. The van der Waals surface area contributed by atoms with Gasteiger partial charge in [0.1, 0.15) is 5.03 Å². The van der Waals surface area contributed by atoms with E-state index in [-0.39, 0.29) is 5.91 Å². The smallest absolute Gasteiger partial charge is 0.233 e. The summed E-state index contributed by atoms with van der Waals surface area (Å²) < 4.78 is 0. The van der Waals surface area contributed by atoms with Gasteiger partial charge in [0.2, 0.25) is 5.91 Å². The highest BCUT2D eigenvalue weighted by atomic mass is 35.5. The van der Waals surface area contributed by atoms with Gasteiger partial charge in [-0.15, -0.1) is 0 Å². The standard InChI is InChI=1S/C11H14ClN3OS/c12-9-2-1-3-14-11(9)17-8-10(16)15-6-4-13-5-7-15/h1-3,13H,4-8H2. The fourth-order valence-electron chi connectivity index (χ4n) is 1.61. The zero-order chi connectivity index (χ0) is 12.1. The molecule has 1 amide bonds. The van der Waals surface area contributed by atoms with E-state index in [1.807, 2.05) is 4.90 Å². The molecule has 1 fully saturated rings. The van der Waals surface area contributed by atoms with Crippen LogP contribution < -0.4 is 5.32 Å². The molecule has 0 atom stereocenters. The molecule has 6 heteroatoms. The summed E-state index contributed by atoms with van der Waals surface area (Å²) in [4.78, 5) is 17.9. The summed E-state index contributed by atoms with van der Waals surface area (Å²) in [6, 6.07) is 3.57. The van der Waals surface area contributed by atoms with Crippen molar-refractivity contribution in [2.24, 2.45) is 0 Å². The molecule has 1 aliphatic heterocycles. The van der Waals surface area contributed by atoms with E-state index < -0.39 is 0 Å². The first-order valence-electron chi connectivity index (χ1n) is 5.49. The van der Waals surface area contributed by atoms with Crippen molar-refractivity contribution in [2.75, 3.05) is 31.9 Å². The summed E-state index contributed by atoms with van der Waals surface area (Å²) in [7, 11) is 0. The van der Waals surface area contributed by atoms with Gasteiger partial charge in [0, 0.05) is 32.4 Å². The molecule has 0 bridgehead atoms. The zero-order valence-electron chi connectivity index (χ0n) is 9.36. The van der Waals surface area contributed by atoms with E-state index in [0.29, 0.717) is 10.8 Å². The second-order valence-corrected chi connectivity index (χ2v) is 5.08. The number of carbonyl (C=O) groups is 1. The van der Waals surface area contributed by atoms with Crippen molar-refractivity contribution in [1.29, 1.82) is 0 Å². The average molecular weight is 272 g/mol. The minimum absolute atomic E-state index is 0.151. The molecule has 0 saturated carbocycles. The number of hydrogen-bond donors (Lipinski definition) is 1. The van der Waals surface area contributed by atoms with Crippen LogP contribution in [-0.2, 0) is 4.79 Å². The molecular weight excluding hydrogens is 258 g/mol. The maximum atomic E-state index is 11.9. The maximum Gasteiger partial charge on any atom is 0.233 e. The second kappa shape index (κ2) is 6.23. The van der Waals surface area contributed by atoms with Crippen LogP contribution in [0.3, 0.4) is 0 Å². The summed E-state index contributed by atoms with van der Waals surface area (Å²) in [5.41, 5.74) is 0. The number of amides is 1. The van der Waals surface area contributed by atoms with Gasteiger partial charge in [0.05, 0.1) is 10.8 Å². The van der Waals surface area contributed by atoms with Crippen molar-refractivity contribution in [2.45, 2.75) is 5.03 Å². The van der Waals surface area contributed by atoms with Crippen molar-refractivity contribution < 1.29 is 4.79 Å². The lowest BCUT2D eigenvalue weighted by atomic mass is 10.3. The van der Waals surface area contributed by atoms with Crippen LogP contribution in [0, 0.1) is 0 Å². The summed E-state index contributed by atoms with van der Waals surface area (Å²) in [5, 5.41) is 4.54. The SMILES string of the molecule is O=C(CSc1ncccc1Cl)N1CCNCC1. The van der Waals surface area contributed by atoms with Crippen LogP contribution in [0.15, 0.2) is 23.4 Å². The van der Waals surface area contributed by atoms with Crippen LogP contribution in [-0.4, -0.2) is 47.7 Å². The molecule has 1 aromatic heterocycles. The molecule has 1 N–H and O–H groups in total. The molecule has 4 nitrogen and oxygen atoms in total. The molecule has 17 heavy (non-hydrogen) atoms. The Bertz CT molecular complexity index is 396. The second-order valence-electron chi connectivity index (χ2n) is 3.71. The fourth-order valence-corrected chi connectivity index (χ4v) is 2.68. The average Bonchev–Trinajstić information content (AvgIpc) is 2.38. The van der Waals surface area contributed by atoms with Crippen molar-refractivity contribution in [3.63, 3.8) is 0 Å². The van der Waals surface area contributed by atoms with E-state index in [1.165, 1.54) is 11.8 Å². The number of rotatable bonds is 3. The molecule has 0 unspecified atom stereocenters. The Labute approximate surface area is 110 Å². The lowest BCUT2D eigenvalue weighted by Gasteiger charge is -2.27. The molecule has 0 radical (unpaired) electrons. The fraction of sp³-hybridized carbons (Fsp3) is 0.455. The number of nitrogens with zero attached hydrogens (tertiary/aromatic N) is 2. The third-order valence-corrected chi connectivity index (χ3v) is 3.93. The Morgan fingerprint density at radius 3 is 3.00 bits per heavy atom. The summed E-state index contributed by atoms with van der Waals surface area (Å²) >= 11 is 7.37. The van der Waals surface area contributed by atoms with Crippen LogP contribution in [0.25, 0.3) is 0 Å². The number of nitrogens with one attached hydrogen (secondary N) is 1. The highest BCUT2D eigenvalue weighted by Gasteiger charge is 2.16. The Balaban J connectivity index is 1.85. The first-order valence-corrected chi connectivity index (χ1v) is 6.85. The molecule has 2 heterocycles. The van der Waals surface area contributed by atoms with Gasteiger partial charge in [-0.05, 0) is 12.1 Å². The molecule has 0 aromatic carbocycles. The lowest BCUT2D eigenvalue weighted by Crippen LogP contribution is -2.47. The third kappa shape index (κ3) is 3.59. The molecule has 0 spiro atoms. The van der Waals surface area contributed by atoms with Gasteiger partial charge in [-0.25, -0.2) is 4.98 Å². The number of piperazine rings is 1. The van der Waals surface area contributed by atoms with Gasteiger partial charge in [-0.2, -0.15) is 0 Å². The minimum atomic E-state index is 0.151. The van der Waals surface area contributed by atoms with E-state index in [0.717, 1.165) is 31.2 Å². The van der Waals surface area contributed by atoms with E-state index in [1.54, 1.807) is 18.3 Å². The normalized spacial score (nSPS) is 15.9. The molecule has 1 aliphatic rings. The van der Waals surface area contributed by atoms with Crippen molar-refractivity contribution in [3.05, 3.63) is 23.4 Å². The van der Waals surface area contributed by atoms with E-state index in [2.05, 4.69) is 10.3 Å². The van der Waals surface area contributed by atoms with Crippen molar-refractivity contribution in [1.82, 2.24) is 15.2 Å². The summed E-state index contributed by atoms with van der Waals surface area (Å²) in [5.74, 6) is 0.551. The van der Waals surface area contributed by atoms with Gasteiger partial charge < -0.3 is 10.2 Å². The van der Waals surface area contributed by atoms with Crippen LogP contribution in [0.1, 0.15) is 0 Å². The third-order valence-electron chi connectivity index (χ3n) is 2.53. The monoisotopic (exact) mass is 271 g/mol. The highest BCUT2D eigenvalue weighted by molar-refractivity contribution is 8.00. The number of thioether (sulfide) groups is 1. The summed E-state index contributed by atoms with van der Waals surface area (Å²) in [6.45, 7) is 3.33. The van der Waals surface area contributed by atoms with Crippen LogP contribution in [0.5, 0.6) is 0 Å². The van der Waals surface area contributed by atoms with E-state index >= 15 is 0 Å². The number of hydrogen-bond acceptors (Lipinski definition) is 4. The lowest BCUT2D eigenvalue weighted by molar-refractivity contribution is -0.128. The number of aromatic nitrogens is 1. The van der Waals surface area contributed by atoms with E-state index in [4.69, 9.17) is 11.6 Å². The predicted octanol–water partition coefficient (Wildman–Crippen LogP) is 1.26. The first-order chi connectivity index (χ1) is 8.27. The predicted molar refractivity (Wildman–Crippen MR) is 69.4 cm³/mol. The topological polar surface area (TPSA) is 45.2 Å². The van der Waals surface area contributed by atoms with Gasteiger partial charge in [0.25, 0.3) is 0 Å². The van der Waals surface area contributed by atoms with Crippen molar-refractivity contribution >= 4 is 29.3 Å². The minimum Gasteiger partial charge on any atom is -0.339 e. The maximum absolute atomic E-state index is 11.9. The Kier molecular flexibility index (Phi) is 4.65. The Morgan fingerprint density at radius 1 is 1.53 bits per heavy atom. The summed E-state index contributed by atoms with van der Waals surface area (Å²) in [6.07, 6.45) is 1.68. The van der Waals surface area contributed by atoms with E-state index in [9.17, 15) is 4.79 Å². The molecule has 92 valence electrons. The quantitative estimate of drug-likeness (QED) is 0.841. The van der Waals surface area contributed by atoms with Crippen molar-refractivity contribution in [3.8, 4) is 0 Å². The van der Waals surface area contributed by atoms with Crippen LogP contribution in [0.2, 0.25) is 5.02 Å². The van der Waals surface area contributed by atoms with Crippen LogP contribution in [0.4, 0.5) is 0 Å². The Hall–Kier alpha value is -0.780. The van der Waals surface area contributed by atoms with Gasteiger partial charge in [0.15, 0.2) is 0 Å². The molecule has 0 aliphatic carbocycles. The van der Waals surface area contributed by atoms with Gasteiger partial charge >= 0.3 is 0 Å². The number of pyridine rings is 1. The van der Waals surface area contributed by atoms with Crippen LogP contribution >= 0.6 is 23.4 Å². The van der Waals surface area contributed by atoms with Gasteiger partial charge in [-0.1, -0.05) is 23.4 Å². The number of halogens is 1. The molecule has 1 aromatic rings. The van der Waals surface area contributed by atoms with Gasteiger partial charge in [-0.3, -0.25) is 4.79 Å². The first kappa shape index (κ1) is 12.7. The largest absolute Gasteiger partial charge is 0.339 e. The molecule has 2 rings (SSSR count). The Morgan fingerprint density at radius 2 is 2.29 bits per heavy atom.